The van der Waals surface area contributed by atoms with Crippen LogP contribution in [-0.4, -0.2) is 34.5 Å². The van der Waals surface area contributed by atoms with E-state index >= 15 is 0 Å². The largest absolute Gasteiger partial charge is 0.480 e. The van der Waals surface area contributed by atoms with Gasteiger partial charge in [-0.1, -0.05) is 0 Å². The molecule has 0 bridgehead atoms. The van der Waals surface area contributed by atoms with Crippen molar-refractivity contribution >= 4 is 11.9 Å². The SMILES string of the molecule is Cc1cc(C(=O)N2CCCC[C@H]2C(=O)O)c(C)o1. The van der Waals surface area contributed by atoms with E-state index in [-0.39, 0.29) is 5.91 Å². The van der Waals surface area contributed by atoms with Crippen LogP contribution in [-0.2, 0) is 4.79 Å². The molecule has 1 amide bonds. The molecule has 0 aromatic carbocycles. The van der Waals surface area contributed by atoms with E-state index in [0.29, 0.717) is 30.0 Å². The molecule has 1 atom stereocenters. The lowest BCUT2D eigenvalue weighted by Crippen LogP contribution is -2.48. The highest BCUT2D eigenvalue weighted by Crippen LogP contribution is 2.22. The maximum atomic E-state index is 12.4. The van der Waals surface area contributed by atoms with Crippen LogP contribution < -0.4 is 0 Å². The number of amides is 1. The zero-order chi connectivity index (χ0) is 13.3. The minimum atomic E-state index is -0.930. The molecule has 1 aromatic rings. The van der Waals surface area contributed by atoms with Crippen molar-refractivity contribution in [1.29, 1.82) is 0 Å². The number of aryl methyl sites for hydroxylation is 2. The van der Waals surface area contributed by atoms with Crippen LogP contribution in [0.15, 0.2) is 10.5 Å². The molecule has 1 aliphatic rings. The van der Waals surface area contributed by atoms with Crippen molar-refractivity contribution in [3.63, 3.8) is 0 Å². The van der Waals surface area contributed by atoms with E-state index in [1.54, 1.807) is 19.9 Å². The fourth-order valence-electron chi connectivity index (χ4n) is 2.43. The molecule has 5 nitrogen and oxygen atoms in total. The number of aliphatic carboxylic acids is 1. The molecule has 0 radical (unpaired) electrons. The van der Waals surface area contributed by atoms with Crippen molar-refractivity contribution in [2.45, 2.75) is 39.2 Å². The van der Waals surface area contributed by atoms with E-state index < -0.39 is 12.0 Å². The van der Waals surface area contributed by atoms with Crippen LogP contribution in [0.25, 0.3) is 0 Å². The van der Waals surface area contributed by atoms with Gasteiger partial charge >= 0.3 is 5.97 Å². The molecule has 1 N–H and O–H groups in total. The Hall–Kier alpha value is -1.78. The van der Waals surface area contributed by atoms with Crippen molar-refractivity contribution < 1.29 is 19.1 Å². The van der Waals surface area contributed by atoms with Crippen molar-refractivity contribution in [3.05, 3.63) is 23.2 Å². The monoisotopic (exact) mass is 251 g/mol. The Balaban J connectivity index is 2.26. The average Bonchev–Trinajstić information content (AvgIpc) is 2.67. The van der Waals surface area contributed by atoms with E-state index in [0.717, 1.165) is 12.8 Å². The summed E-state index contributed by atoms with van der Waals surface area (Å²) >= 11 is 0. The van der Waals surface area contributed by atoms with Crippen LogP contribution in [0.4, 0.5) is 0 Å². The zero-order valence-corrected chi connectivity index (χ0v) is 10.6. The van der Waals surface area contributed by atoms with Crippen LogP contribution >= 0.6 is 0 Å². The summed E-state index contributed by atoms with van der Waals surface area (Å²) in [5, 5.41) is 9.16. The normalized spacial score (nSPS) is 19.9. The number of rotatable bonds is 2. The molecule has 1 saturated heterocycles. The predicted molar refractivity (Wildman–Crippen MR) is 64.5 cm³/mol. The maximum absolute atomic E-state index is 12.4. The van der Waals surface area contributed by atoms with E-state index in [1.807, 2.05) is 0 Å². The number of carboxylic acids is 1. The van der Waals surface area contributed by atoms with Crippen LogP contribution in [0.1, 0.15) is 41.1 Å². The summed E-state index contributed by atoms with van der Waals surface area (Å²) in [6, 6.07) is 0.964. The van der Waals surface area contributed by atoms with E-state index in [9.17, 15) is 9.59 Å². The molecular formula is C13H17NO4. The smallest absolute Gasteiger partial charge is 0.326 e. The Morgan fingerprint density at radius 3 is 2.67 bits per heavy atom. The minimum absolute atomic E-state index is 0.239. The molecule has 0 spiro atoms. The van der Waals surface area contributed by atoms with Gasteiger partial charge in [-0.3, -0.25) is 4.79 Å². The van der Waals surface area contributed by atoms with E-state index in [1.165, 1.54) is 4.90 Å². The third-order valence-corrected chi connectivity index (χ3v) is 3.32. The number of nitrogens with zero attached hydrogens (tertiary/aromatic N) is 1. The van der Waals surface area contributed by atoms with Gasteiger partial charge in [0.1, 0.15) is 17.6 Å². The van der Waals surface area contributed by atoms with Gasteiger partial charge in [-0.15, -0.1) is 0 Å². The van der Waals surface area contributed by atoms with Crippen molar-refractivity contribution in [3.8, 4) is 0 Å². The zero-order valence-electron chi connectivity index (χ0n) is 10.6. The fourth-order valence-corrected chi connectivity index (χ4v) is 2.43. The molecular weight excluding hydrogens is 234 g/mol. The molecule has 2 heterocycles. The summed E-state index contributed by atoms with van der Waals surface area (Å²) in [5.74, 6) is 0.0457. The molecule has 1 fully saturated rings. The van der Waals surface area contributed by atoms with Gasteiger partial charge < -0.3 is 14.4 Å². The Bertz CT molecular complexity index is 477. The summed E-state index contributed by atoms with van der Waals surface area (Å²) in [6.45, 7) is 3.99. The summed E-state index contributed by atoms with van der Waals surface area (Å²) in [4.78, 5) is 25.0. The lowest BCUT2D eigenvalue weighted by molar-refractivity contribution is -0.143. The summed E-state index contributed by atoms with van der Waals surface area (Å²) < 4.78 is 5.33. The summed E-state index contributed by atoms with van der Waals surface area (Å²) in [6.07, 6.45) is 2.23. The number of likely N-dealkylation sites (tertiary alicyclic amines) is 1. The predicted octanol–water partition coefficient (Wildman–Crippen LogP) is 1.98. The van der Waals surface area contributed by atoms with Crippen LogP contribution in [0.3, 0.4) is 0 Å². The average molecular weight is 251 g/mol. The highest BCUT2D eigenvalue weighted by atomic mass is 16.4. The first-order chi connectivity index (χ1) is 8.50. The second-order valence-electron chi connectivity index (χ2n) is 4.68. The van der Waals surface area contributed by atoms with E-state index in [4.69, 9.17) is 9.52 Å². The first kappa shape index (κ1) is 12.7. The minimum Gasteiger partial charge on any atom is -0.480 e. The summed E-state index contributed by atoms with van der Waals surface area (Å²) in [5.41, 5.74) is 0.473. The molecule has 98 valence electrons. The molecule has 0 aliphatic carbocycles. The molecule has 0 saturated carbocycles. The second kappa shape index (κ2) is 4.84. The molecule has 1 aliphatic heterocycles. The number of carbonyl (C=O) groups is 2. The number of piperidine rings is 1. The molecule has 0 unspecified atom stereocenters. The fraction of sp³-hybridized carbons (Fsp3) is 0.538. The molecule has 2 rings (SSSR count). The van der Waals surface area contributed by atoms with Gasteiger partial charge in [0.25, 0.3) is 5.91 Å². The van der Waals surface area contributed by atoms with Crippen LogP contribution in [0.2, 0.25) is 0 Å². The van der Waals surface area contributed by atoms with Crippen molar-refractivity contribution in [2.24, 2.45) is 0 Å². The Morgan fingerprint density at radius 1 is 1.39 bits per heavy atom. The lowest BCUT2D eigenvalue weighted by Gasteiger charge is -2.32. The van der Waals surface area contributed by atoms with Gasteiger partial charge in [0, 0.05) is 6.54 Å². The van der Waals surface area contributed by atoms with Gasteiger partial charge in [-0.2, -0.15) is 0 Å². The van der Waals surface area contributed by atoms with Crippen molar-refractivity contribution in [1.82, 2.24) is 4.90 Å². The highest BCUT2D eigenvalue weighted by Gasteiger charge is 2.33. The quantitative estimate of drug-likeness (QED) is 0.872. The second-order valence-corrected chi connectivity index (χ2v) is 4.68. The Morgan fingerprint density at radius 2 is 2.11 bits per heavy atom. The summed E-state index contributed by atoms with van der Waals surface area (Å²) in [7, 11) is 0. The number of carboxylic acid groups (broad SMARTS) is 1. The third-order valence-electron chi connectivity index (χ3n) is 3.32. The maximum Gasteiger partial charge on any atom is 0.326 e. The number of hydrogen-bond acceptors (Lipinski definition) is 3. The Kier molecular flexibility index (Phi) is 3.41. The first-order valence-corrected chi connectivity index (χ1v) is 6.11. The molecule has 1 aromatic heterocycles. The number of hydrogen-bond donors (Lipinski definition) is 1. The van der Waals surface area contributed by atoms with Gasteiger partial charge in [0.15, 0.2) is 0 Å². The van der Waals surface area contributed by atoms with Gasteiger partial charge in [-0.05, 0) is 39.2 Å². The number of carbonyl (C=O) groups excluding carboxylic acids is 1. The highest BCUT2D eigenvalue weighted by molar-refractivity contribution is 5.97. The van der Waals surface area contributed by atoms with Crippen LogP contribution in [0, 0.1) is 13.8 Å². The molecule has 18 heavy (non-hydrogen) atoms. The third kappa shape index (κ3) is 2.25. The Labute approximate surface area is 105 Å². The first-order valence-electron chi connectivity index (χ1n) is 6.11. The molecule has 5 heteroatoms. The van der Waals surface area contributed by atoms with Gasteiger partial charge in [-0.25, -0.2) is 4.79 Å². The lowest BCUT2D eigenvalue weighted by atomic mass is 10.0. The number of furan rings is 1. The van der Waals surface area contributed by atoms with Crippen molar-refractivity contribution in [2.75, 3.05) is 6.54 Å². The standard InChI is InChI=1S/C13H17NO4/c1-8-7-10(9(2)18-8)12(15)14-6-4-3-5-11(14)13(16)17/h7,11H,3-6H2,1-2H3,(H,16,17)/t11-/m0/s1. The topological polar surface area (TPSA) is 70.8 Å². The van der Waals surface area contributed by atoms with Crippen LogP contribution in [0.5, 0.6) is 0 Å². The van der Waals surface area contributed by atoms with Gasteiger partial charge in [0.2, 0.25) is 0 Å². The van der Waals surface area contributed by atoms with Gasteiger partial charge in [0.05, 0.1) is 5.56 Å². The van der Waals surface area contributed by atoms with E-state index in [2.05, 4.69) is 0 Å².